The van der Waals surface area contributed by atoms with E-state index in [1.165, 1.54) is 0 Å². The summed E-state index contributed by atoms with van der Waals surface area (Å²) < 4.78 is 10.8. The third-order valence-corrected chi connectivity index (χ3v) is 4.28. The zero-order valence-electron chi connectivity index (χ0n) is 13.6. The lowest BCUT2D eigenvalue weighted by molar-refractivity contribution is -0.122. The molecule has 24 heavy (non-hydrogen) atoms. The van der Waals surface area contributed by atoms with Gasteiger partial charge in [0.25, 0.3) is 0 Å². The van der Waals surface area contributed by atoms with Crippen LogP contribution < -0.4 is 4.74 Å². The third-order valence-electron chi connectivity index (χ3n) is 4.28. The van der Waals surface area contributed by atoms with E-state index in [-0.39, 0.29) is 11.8 Å². The molecule has 0 aromatic heterocycles. The van der Waals surface area contributed by atoms with Crippen molar-refractivity contribution >= 4 is 6.29 Å². The van der Waals surface area contributed by atoms with Crippen LogP contribution in [0.2, 0.25) is 0 Å². The second-order valence-corrected chi connectivity index (χ2v) is 5.91. The number of phenols is 1. The predicted molar refractivity (Wildman–Crippen MR) is 89.9 cm³/mol. The smallest absolute Gasteiger partial charge is 0.167 e. The molecule has 1 heterocycles. The van der Waals surface area contributed by atoms with Gasteiger partial charge in [-0.15, -0.1) is 0 Å². The Labute approximate surface area is 141 Å². The number of aldehydes is 1. The van der Waals surface area contributed by atoms with E-state index in [2.05, 4.69) is 0 Å². The van der Waals surface area contributed by atoms with Crippen LogP contribution in [-0.4, -0.2) is 42.3 Å². The molecular formula is C19H21NO4. The van der Waals surface area contributed by atoms with Crippen molar-refractivity contribution in [1.29, 1.82) is 0 Å². The number of phenolic OH excluding ortho intramolecular Hbond substituents is 1. The minimum atomic E-state index is -0.546. The summed E-state index contributed by atoms with van der Waals surface area (Å²) in [6.07, 6.45) is 1.07. The van der Waals surface area contributed by atoms with E-state index in [4.69, 9.17) is 9.47 Å². The first-order chi connectivity index (χ1) is 11.7. The molecule has 1 aliphatic rings. The number of aromatic hydroxyl groups is 1. The monoisotopic (exact) mass is 327 g/mol. The van der Waals surface area contributed by atoms with Gasteiger partial charge in [0.2, 0.25) is 0 Å². The molecule has 1 aliphatic heterocycles. The van der Waals surface area contributed by atoms with E-state index in [1.54, 1.807) is 25.3 Å². The molecule has 126 valence electrons. The molecule has 1 saturated heterocycles. The summed E-state index contributed by atoms with van der Waals surface area (Å²) in [5.41, 5.74) is 2.11. The molecule has 0 spiro atoms. The molecule has 0 amide bonds. The van der Waals surface area contributed by atoms with E-state index >= 15 is 0 Å². The maximum Gasteiger partial charge on any atom is 0.167 e. The fraction of sp³-hybridized carbons (Fsp3) is 0.316. The summed E-state index contributed by atoms with van der Waals surface area (Å²) in [4.78, 5) is 13.4. The van der Waals surface area contributed by atoms with Gasteiger partial charge in [-0.3, -0.25) is 9.69 Å². The van der Waals surface area contributed by atoms with Crippen molar-refractivity contribution in [3.05, 3.63) is 59.7 Å². The molecular weight excluding hydrogens is 306 g/mol. The Morgan fingerprint density at radius 1 is 1.25 bits per heavy atom. The third kappa shape index (κ3) is 3.75. The van der Waals surface area contributed by atoms with Gasteiger partial charge in [-0.1, -0.05) is 24.3 Å². The van der Waals surface area contributed by atoms with Crippen LogP contribution in [0.3, 0.4) is 0 Å². The Kier molecular flexibility index (Phi) is 5.13. The van der Waals surface area contributed by atoms with Gasteiger partial charge in [0.15, 0.2) is 12.5 Å². The van der Waals surface area contributed by atoms with E-state index in [0.717, 1.165) is 29.6 Å². The maximum absolute atomic E-state index is 11.3. The topological polar surface area (TPSA) is 59.0 Å². The van der Waals surface area contributed by atoms with Crippen LogP contribution in [0.25, 0.3) is 0 Å². The largest absolute Gasteiger partial charge is 0.508 e. The quantitative estimate of drug-likeness (QED) is 0.826. The minimum absolute atomic E-state index is 0.107. The van der Waals surface area contributed by atoms with Crippen molar-refractivity contribution in [2.75, 3.05) is 13.7 Å². The molecule has 1 N–H and O–H groups in total. The first kappa shape index (κ1) is 16.5. The molecule has 2 aromatic carbocycles. The molecule has 0 radical (unpaired) electrons. The summed E-state index contributed by atoms with van der Waals surface area (Å²) in [7, 11) is 1.64. The fourth-order valence-corrected chi connectivity index (χ4v) is 3.02. The lowest BCUT2D eigenvalue weighted by Crippen LogP contribution is -2.38. The number of rotatable bonds is 6. The van der Waals surface area contributed by atoms with Gasteiger partial charge in [-0.25, -0.2) is 0 Å². The molecule has 2 atom stereocenters. The lowest BCUT2D eigenvalue weighted by Gasteiger charge is -2.25. The highest BCUT2D eigenvalue weighted by Gasteiger charge is 2.34. The Bertz CT molecular complexity index is 686. The molecule has 1 fully saturated rings. The number of ether oxygens (including phenoxy) is 2. The molecule has 5 heteroatoms. The standard InChI is InChI=1S/C19H21NO4/c1-23-18-7-5-14(6-8-18)9-16-13-24-19(12-21)20(16)11-15-3-2-4-17(22)10-15/h2-8,10,12,16,19,22H,9,11,13H2,1H3/t16-,19?/m0/s1. The predicted octanol–water partition coefficient (Wildman–Crippen LogP) is 2.37. The molecule has 0 bridgehead atoms. The van der Waals surface area contributed by atoms with Gasteiger partial charge in [0.05, 0.1) is 13.7 Å². The Balaban J connectivity index is 1.74. The van der Waals surface area contributed by atoms with Crippen molar-refractivity contribution in [2.45, 2.75) is 25.2 Å². The number of carbonyl (C=O) groups is 1. The van der Waals surface area contributed by atoms with Crippen molar-refractivity contribution < 1.29 is 19.4 Å². The second-order valence-electron chi connectivity index (χ2n) is 5.91. The number of hydrogen-bond donors (Lipinski definition) is 1. The van der Waals surface area contributed by atoms with Crippen molar-refractivity contribution in [1.82, 2.24) is 4.90 Å². The van der Waals surface area contributed by atoms with Crippen molar-refractivity contribution in [3.63, 3.8) is 0 Å². The van der Waals surface area contributed by atoms with Crippen LogP contribution >= 0.6 is 0 Å². The van der Waals surface area contributed by atoms with Crippen LogP contribution in [-0.2, 0) is 22.5 Å². The maximum atomic E-state index is 11.3. The van der Waals surface area contributed by atoms with Gasteiger partial charge >= 0.3 is 0 Å². The lowest BCUT2D eigenvalue weighted by atomic mass is 10.0. The molecule has 2 aromatic rings. The second kappa shape index (κ2) is 7.47. The molecule has 1 unspecified atom stereocenters. The molecule has 3 rings (SSSR count). The average molecular weight is 327 g/mol. The van der Waals surface area contributed by atoms with Crippen LogP contribution in [0, 0.1) is 0 Å². The SMILES string of the molecule is COc1ccc(C[C@H]2COC(C=O)N2Cc2cccc(O)c2)cc1. The van der Waals surface area contributed by atoms with Crippen LogP contribution in [0.4, 0.5) is 0 Å². The highest BCUT2D eigenvalue weighted by molar-refractivity contribution is 5.56. The van der Waals surface area contributed by atoms with E-state index in [9.17, 15) is 9.90 Å². The van der Waals surface area contributed by atoms with Gasteiger partial charge in [0, 0.05) is 12.6 Å². The molecule has 0 saturated carbocycles. The Morgan fingerprint density at radius 2 is 2.04 bits per heavy atom. The van der Waals surface area contributed by atoms with Gasteiger partial charge in [-0.05, 0) is 41.8 Å². The van der Waals surface area contributed by atoms with Gasteiger partial charge in [-0.2, -0.15) is 0 Å². The summed E-state index contributed by atoms with van der Waals surface area (Å²) in [5.74, 6) is 1.05. The summed E-state index contributed by atoms with van der Waals surface area (Å²) >= 11 is 0. The van der Waals surface area contributed by atoms with E-state index in [1.807, 2.05) is 35.2 Å². The summed E-state index contributed by atoms with van der Waals surface area (Å²) in [6.45, 7) is 1.06. The molecule has 0 aliphatic carbocycles. The highest BCUT2D eigenvalue weighted by Crippen LogP contribution is 2.24. The zero-order chi connectivity index (χ0) is 16.9. The molecule has 5 nitrogen and oxygen atoms in total. The van der Waals surface area contributed by atoms with E-state index < -0.39 is 6.23 Å². The fourth-order valence-electron chi connectivity index (χ4n) is 3.02. The van der Waals surface area contributed by atoms with Crippen LogP contribution in [0.1, 0.15) is 11.1 Å². The van der Waals surface area contributed by atoms with Crippen molar-refractivity contribution in [2.24, 2.45) is 0 Å². The Hall–Kier alpha value is -2.37. The average Bonchev–Trinajstić information content (AvgIpc) is 2.97. The normalized spacial score (nSPS) is 20.9. The number of carbonyl (C=O) groups excluding carboxylic acids is 1. The first-order valence-electron chi connectivity index (χ1n) is 7.93. The van der Waals surface area contributed by atoms with Gasteiger partial charge < -0.3 is 14.6 Å². The van der Waals surface area contributed by atoms with Crippen LogP contribution in [0.15, 0.2) is 48.5 Å². The summed E-state index contributed by atoms with van der Waals surface area (Å²) in [5, 5.41) is 9.63. The van der Waals surface area contributed by atoms with Crippen molar-refractivity contribution in [3.8, 4) is 11.5 Å². The number of hydrogen-bond acceptors (Lipinski definition) is 5. The minimum Gasteiger partial charge on any atom is -0.508 e. The zero-order valence-corrected chi connectivity index (χ0v) is 13.6. The first-order valence-corrected chi connectivity index (χ1v) is 7.93. The van der Waals surface area contributed by atoms with Crippen LogP contribution in [0.5, 0.6) is 11.5 Å². The number of benzene rings is 2. The van der Waals surface area contributed by atoms with Gasteiger partial charge in [0.1, 0.15) is 11.5 Å². The Morgan fingerprint density at radius 3 is 2.71 bits per heavy atom. The highest BCUT2D eigenvalue weighted by atomic mass is 16.5. The summed E-state index contributed by atoms with van der Waals surface area (Å²) in [6, 6.07) is 15.1. The van der Waals surface area contributed by atoms with E-state index in [0.29, 0.717) is 13.2 Å². The number of methoxy groups -OCH3 is 1. The number of nitrogens with zero attached hydrogens (tertiary/aromatic N) is 1.